The predicted octanol–water partition coefficient (Wildman–Crippen LogP) is 1.61. The molecular formula is C12H25ClN2O2S. The van der Waals surface area contributed by atoms with Crippen LogP contribution in [-0.2, 0) is 10.0 Å². The van der Waals surface area contributed by atoms with Crippen LogP contribution in [0.4, 0.5) is 0 Å². The smallest absolute Gasteiger partial charge is 0.214 e. The van der Waals surface area contributed by atoms with E-state index in [9.17, 15) is 8.42 Å². The molecule has 1 heterocycles. The van der Waals surface area contributed by atoms with E-state index in [1.807, 2.05) is 0 Å². The van der Waals surface area contributed by atoms with Gasteiger partial charge in [0.25, 0.3) is 0 Å². The quantitative estimate of drug-likeness (QED) is 0.529. The van der Waals surface area contributed by atoms with E-state index < -0.39 is 10.0 Å². The molecule has 1 aliphatic rings. The first kappa shape index (κ1) is 16.2. The fourth-order valence-electron chi connectivity index (χ4n) is 2.39. The number of hydrogen-bond donors (Lipinski definition) is 0. The highest BCUT2D eigenvalue weighted by Gasteiger charge is 2.27. The standard InChI is InChI=1S/C12H25ClN2O2S/c1-14(2)11-12-5-8-15(9-6-12)18(16,17)10-4-3-7-13/h12H,3-11H2,1-2H3. The second kappa shape index (κ2) is 7.68. The van der Waals surface area contributed by atoms with Crippen molar-refractivity contribution in [2.75, 3.05) is 45.4 Å². The minimum atomic E-state index is -3.05. The summed E-state index contributed by atoms with van der Waals surface area (Å²) in [5, 5.41) is 0. The van der Waals surface area contributed by atoms with Gasteiger partial charge < -0.3 is 4.90 Å². The monoisotopic (exact) mass is 296 g/mol. The van der Waals surface area contributed by atoms with Crippen LogP contribution in [0.15, 0.2) is 0 Å². The molecule has 0 aromatic carbocycles. The maximum absolute atomic E-state index is 12.1. The molecule has 0 aromatic heterocycles. The molecule has 0 spiro atoms. The summed E-state index contributed by atoms with van der Waals surface area (Å²) >= 11 is 5.57. The second-order valence-corrected chi connectivity index (χ2v) is 7.78. The molecule has 1 saturated heterocycles. The van der Waals surface area contributed by atoms with Crippen molar-refractivity contribution in [3.05, 3.63) is 0 Å². The molecule has 0 aliphatic carbocycles. The summed E-state index contributed by atoms with van der Waals surface area (Å²) in [6, 6.07) is 0. The number of piperidine rings is 1. The van der Waals surface area contributed by atoms with Crippen LogP contribution in [0.1, 0.15) is 25.7 Å². The third-order valence-corrected chi connectivity index (χ3v) is 5.60. The lowest BCUT2D eigenvalue weighted by Gasteiger charge is -2.32. The molecule has 1 aliphatic heterocycles. The maximum Gasteiger partial charge on any atom is 0.214 e. The van der Waals surface area contributed by atoms with Crippen LogP contribution in [0.2, 0.25) is 0 Å². The average molecular weight is 297 g/mol. The first-order valence-electron chi connectivity index (χ1n) is 6.64. The first-order chi connectivity index (χ1) is 8.45. The Kier molecular flexibility index (Phi) is 6.92. The Morgan fingerprint density at radius 2 is 1.83 bits per heavy atom. The molecule has 0 amide bonds. The Hall–Kier alpha value is 0.160. The van der Waals surface area contributed by atoms with Gasteiger partial charge in [-0.15, -0.1) is 11.6 Å². The summed E-state index contributed by atoms with van der Waals surface area (Å²) in [6.07, 6.45) is 3.40. The van der Waals surface area contributed by atoms with Gasteiger partial charge in [-0.1, -0.05) is 0 Å². The average Bonchev–Trinajstić information content (AvgIpc) is 2.29. The lowest BCUT2D eigenvalue weighted by Crippen LogP contribution is -2.41. The van der Waals surface area contributed by atoms with Crippen LogP contribution in [0.3, 0.4) is 0 Å². The third-order valence-electron chi connectivity index (χ3n) is 3.38. The van der Waals surface area contributed by atoms with Crippen LogP contribution >= 0.6 is 11.6 Å². The summed E-state index contributed by atoms with van der Waals surface area (Å²) in [4.78, 5) is 2.18. The van der Waals surface area contributed by atoms with Gasteiger partial charge in [0.05, 0.1) is 5.75 Å². The highest BCUT2D eigenvalue weighted by Crippen LogP contribution is 2.20. The van der Waals surface area contributed by atoms with E-state index in [0.29, 0.717) is 31.3 Å². The van der Waals surface area contributed by atoms with Gasteiger partial charge in [0, 0.05) is 25.5 Å². The first-order valence-corrected chi connectivity index (χ1v) is 8.78. The molecule has 0 radical (unpaired) electrons. The van der Waals surface area contributed by atoms with Gasteiger partial charge in [-0.2, -0.15) is 0 Å². The van der Waals surface area contributed by atoms with Gasteiger partial charge >= 0.3 is 0 Å². The molecule has 0 atom stereocenters. The van der Waals surface area contributed by atoms with Crippen molar-refractivity contribution in [3.63, 3.8) is 0 Å². The zero-order chi connectivity index (χ0) is 13.6. The molecule has 6 heteroatoms. The van der Waals surface area contributed by atoms with Crippen LogP contribution in [0.5, 0.6) is 0 Å². The molecule has 1 fully saturated rings. The molecular weight excluding hydrogens is 272 g/mol. The summed E-state index contributed by atoms with van der Waals surface area (Å²) in [5.41, 5.74) is 0. The number of hydrogen-bond acceptors (Lipinski definition) is 3. The number of sulfonamides is 1. The topological polar surface area (TPSA) is 40.6 Å². The van der Waals surface area contributed by atoms with Crippen molar-refractivity contribution in [1.82, 2.24) is 9.21 Å². The fraction of sp³-hybridized carbons (Fsp3) is 1.00. The van der Waals surface area contributed by atoms with Crippen molar-refractivity contribution < 1.29 is 8.42 Å². The Balaban J connectivity index is 2.37. The van der Waals surface area contributed by atoms with E-state index in [0.717, 1.165) is 25.8 Å². The molecule has 1 rings (SSSR count). The number of alkyl halides is 1. The highest BCUT2D eigenvalue weighted by atomic mass is 35.5. The van der Waals surface area contributed by atoms with E-state index in [4.69, 9.17) is 11.6 Å². The lowest BCUT2D eigenvalue weighted by atomic mass is 9.98. The van der Waals surface area contributed by atoms with E-state index in [1.54, 1.807) is 4.31 Å². The van der Waals surface area contributed by atoms with E-state index in [-0.39, 0.29) is 5.75 Å². The van der Waals surface area contributed by atoms with Crippen LogP contribution in [-0.4, -0.2) is 63.0 Å². The second-order valence-electron chi connectivity index (χ2n) is 5.32. The van der Waals surface area contributed by atoms with Gasteiger partial charge in [-0.3, -0.25) is 0 Å². The summed E-state index contributed by atoms with van der Waals surface area (Å²) in [6.45, 7) is 2.42. The zero-order valence-corrected chi connectivity index (χ0v) is 13.0. The van der Waals surface area contributed by atoms with E-state index >= 15 is 0 Å². The van der Waals surface area contributed by atoms with Gasteiger partial charge in [-0.05, 0) is 45.7 Å². The van der Waals surface area contributed by atoms with Crippen LogP contribution < -0.4 is 0 Å². The number of halogens is 1. The number of rotatable bonds is 7. The third kappa shape index (κ3) is 5.43. The van der Waals surface area contributed by atoms with Crippen molar-refractivity contribution in [1.29, 1.82) is 0 Å². The molecule has 0 saturated carbocycles. The van der Waals surface area contributed by atoms with Gasteiger partial charge in [0.1, 0.15) is 0 Å². The Bertz CT molecular complexity index is 325. The maximum atomic E-state index is 12.1. The number of nitrogens with zero attached hydrogens (tertiary/aromatic N) is 2. The molecule has 18 heavy (non-hydrogen) atoms. The predicted molar refractivity (Wildman–Crippen MR) is 76.6 cm³/mol. The van der Waals surface area contributed by atoms with Crippen LogP contribution in [0.25, 0.3) is 0 Å². The molecule has 0 bridgehead atoms. The largest absolute Gasteiger partial charge is 0.309 e. The minimum Gasteiger partial charge on any atom is -0.309 e. The minimum absolute atomic E-state index is 0.248. The Labute approximate surface area is 116 Å². The fourth-order valence-corrected chi connectivity index (χ4v) is 4.18. The Morgan fingerprint density at radius 3 is 2.33 bits per heavy atom. The normalized spacial score (nSPS) is 19.6. The SMILES string of the molecule is CN(C)CC1CCN(S(=O)(=O)CCCCCl)CC1. The van der Waals surface area contributed by atoms with Gasteiger partial charge in [0.15, 0.2) is 0 Å². The zero-order valence-electron chi connectivity index (χ0n) is 11.4. The summed E-state index contributed by atoms with van der Waals surface area (Å²) in [5.74, 6) is 1.42. The highest BCUT2D eigenvalue weighted by molar-refractivity contribution is 7.89. The van der Waals surface area contributed by atoms with Gasteiger partial charge in [0.2, 0.25) is 10.0 Å². The van der Waals surface area contributed by atoms with Crippen molar-refractivity contribution in [3.8, 4) is 0 Å². The van der Waals surface area contributed by atoms with Gasteiger partial charge in [-0.25, -0.2) is 12.7 Å². The summed E-state index contributed by atoms with van der Waals surface area (Å²) in [7, 11) is 1.08. The lowest BCUT2D eigenvalue weighted by molar-refractivity contribution is 0.225. The molecule has 0 unspecified atom stereocenters. The molecule has 0 N–H and O–H groups in total. The van der Waals surface area contributed by atoms with Crippen molar-refractivity contribution in [2.45, 2.75) is 25.7 Å². The molecule has 0 aromatic rings. The van der Waals surface area contributed by atoms with Crippen LogP contribution in [0, 0.1) is 5.92 Å². The molecule has 108 valence electrons. The summed E-state index contributed by atoms with van der Waals surface area (Å²) < 4.78 is 25.8. The van der Waals surface area contributed by atoms with Crippen molar-refractivity contribution in [2.24, 2.45) is 5.92 Å². The van der Waals surface area contributed by atoms with E-state index in [2.05, 4.69) is 19.0 Å². The molecule has 4 nitrogen and oxygen atoms in total. The van der Waals surface area contributed by atoms with E-state index in [1.165, 1.54) is 0 Å². The Morgan fingerprint density at radius 1 is 1.22 bits per heavy atom. The van der Waals surface area contributed by atoms with Crippen molar-refractivity contribution >= 4 is 21.6 Å². The number of unbranched alkanes of at least 4 members (excludes halogenated alkanes) is 1.